The van der Waals surface area contributed by atoms with Crippen LogP contribution in [0.15, 0.2) is 29.3 Å². The molecule has 0 saturated carbocycles. The third kappa shape index (κ3) is 3.01. The van der Waals surface area contributed by atoms with Gasteiger partial charge in [-0.15, -0.1) is 0 Å². The van der Waals surface area contributed by atoms with E-state index < -0.39 is 32.5 Å². The number of aromatic amines is 1. The van der Waals surface area contributed by atoms with E-state index in [1.165, 1.54) is 0 Å². The largest absolute Gasteiger partial charge is 0.417 e. The summed E-state index contributed by atoms with van der Waals surface area (Å²) in [6.45, 7) is 0. The number of rotatable bonds is 3. The van der Waals surface area contributed by atoms with E-state index in [1.807, 2.05) is 0 Å². The highest BCUT2D eigenvalue weighted by Gasteiger charge is 2.38. The minimum absolute atomic E-state index is 0.0761. The monoisotopic (exact) mass is 334 g/mol. The standard InChI is InChI=1S/C11H6F4N4O2S/c12-7-1-2-9(8(3-7)11(13,14)15)22(20,21)19-10-6(4-16)5-17-18-10/h1-3,5H,(H2,17,18,19). The SMILES string of the molecule is N#Cc1cn[nH]c1NS(=O)(=O)c1ccc(F)cc1C(F)(F)F. The summed E-state index contributed by atoms with van der Waals surface area (Å²) in [5.74, 6) is -1.62. The average molecular weight is 334 g/mol. The normalized spacial score (nSPS) is 12.0. The molecule has 2 N–H and O–H groups in total. The topological polar surface area (TPSA) is 98.6 Å². The predicted octanol–water partition coefficient (Wildman–Crippen LogP) is 2.24. The number of anilines is 1. The molecule has 22 heavy (non-hydrogen) atoms. The van der Waals surface area contributed by atoms with Gasteiger partial charge in [0.15, 0.2) is 5.82 Å². The summed E-state index contributed by atoms with van der Waals surface area (Å²) in [6.07, 6.45) is -4.08. The molecule has 6 nitrogen and oxygen atoms in total. The highest BCUT2D eigenvalue weighted by molar-refractivity contribution is 7.92. The molecular weight excluding hydrogens is 328 g/mol. The van der Waals surface area contributed by atoms with Crippen molar-refractivity contribution in [2.24, 2.45) is 0 Å². The number of halogens is 4. The molecule has 0 aliphatic heterocycles. The van der Waals surface area contributed by atoms with Gasteiger partial charge in [-0.1, -0.05) is 0 Å². The molecule has 0 fully saturated rings. The van der Waals surface area contributed by atoms with Gasteiger partial charge in [0.05, 0.1) is 16.7 Å². The van der Waals surface area contributed by atoms with Crippen molar-refractivity contribution in [2.45, 2.75) is 11.1 Å². The van der Waals surface area contributed by atoms with E-state index in [9.17, 15) is 26.0 Å². The first-order valence-corrected chi connectivity index (χ1v) is 6.96. The third-order valence-electron chi connectivity index (χ3n) is 2.53. The van der Waals surface area contributed by atoms with Gasteiger partial charge in [0, 0.05) is 0 Å². The number of sulfonamides is 1. The van der Waals surface area contributed by atoms with Gasteiger partial charge in [-0.05, 0) is 18.2 Å². The lowest BCUT2D eigenvalue weighted by atomic mass is 10.2. The minimum Gasteiger partial charge on any atom is -0.263 e. The van der Waals surface area contributed by atoms with E-state index in [4.69, 9.17) is 5.26 Å². The highest BCUT2D eigenvalue weighted by Crippen LogP contribution is 2.35. The Morgan fingerprint density at radius 3 is 2.59 bits per heavy atom. The number of nitriles is 1. The molecule has 0 amide bonds. The molecule has 0 aliphatic rings. The first kappa shape index (κ1) is 15.8. The third-order valence-corrected chi connectivity index (χ3v) is 3.94. The number of nitrogens with zero attached hydrogens (tertiary/aromatic N) is 2. The number of aromatic nitrogens is 2. The summed E-state index contributed by atoms with van der Waals surface area (Å²) in [4.78, 5) is -1.17. The second-order valence-corrected chi connectivity index (χ2v) is 5.67. The van der Waals surface area contributed by atoms with Crippen molar-refractivity contribution in [1.82, 2.24) is 10.2 Å². The van der Waals surface area contributed by atoms with Crippen LogP contribution in [0.25, 0.3) is 0 Å². The van der Waals surface area contributed by atoms with Crippen molar-refractivity contribution in [3.05, 3.63) is 41.3 Å². The fraction of sp³-hybridized carbons (Fsp3) is 0.0909. The summed E-state index contributed by atoms with van der Waals surface area (Å²) in [7, 11) is -4.71. The van der Waals surface area contributed by atoms with E-state index in [2.05, 4.69) is 10.2 Å². The highest BCUT2D eigenvalue weighted by atomic mass is 32.2. The van der Waals surface area contributed by atoms with Crippen molar-refractivity contribution in [2.75, 3.05) is 4.72 Å². The van der Waals surface area contributed by atoms with Crippen LogP contribution in [0.4, 0.5) is 23.4 Å². The molecule has 11 heteroatoms. The second kappa shape index (κ2) is 5.30. The van der Waals surface area contributed by atoms with Crippen LogP contribution < -0.4 is 4.72 Å². The minimum atomic E-state index is -5.07. The van der Waals surface area contributed by atoms with Crippen molar-refractivity contribution in [1.29, 1.82) is 5.26 Å². The van der Waals surface area contributed by atoms with Crippen LogP contribution in [-0.4, -0.2) is 18.6 Å². The van der Waals surface area contributed by atoms with Crippen LogP contribution in [-0.2, 0) is 16.2 Å². The average Bonchev–Trinajstić information content (AvgIpc) is 2.83. The molecule has 1 aromatic carbocycles. The molecule has 0 unspecified atom stereocenters. The van der Waals surface area contributed by atoms with Crippen LogP contribution in [0.5, 0.6) is 0 Å². The Morgan fingerprint density at radius 1 is 1.32 bits per heavy atom. The van der Waals surface area contributed by atoms with Crippen LogP contribution in [0.3, 0.4) is 0 Å². The van der Waals surface area contributed by atoms with Crippen LogP contribution in [0, 0.1) is 17.1 Å². The van der Waals surface area contributed by atoms with Gasteiger partial charge < -0.3 is 0 Å². The Morgan fingerprint density at radius 2 is 2.00 bits per heavy atom. The Balaban J connectivity index is 2.54. The zero-order chi connectivity index (χ0) is 16.5. The number of hydrogen-bond donors (Lipinski definition) is 2. The molecule has 0 spiro atoms. The molecular formula is C11H6F4N4O2S. The lowest BCUT2D eigenvalue weighted by molar-refractivity contribution is -0.140. The maximum absolute atomic E-state index is 13.0. The molecule has 2 rings (SSSR count). The Labute approximate surface area is 121 Å². The summed E-state index contributed by atoms with van der Waals surface area (Å²) in [5, 5.41) is 14.3. The van der Waals surface area contributed by atoms with Gasteiger partial charge in [-0.3, -0.25) is 9.82 Å². The number of benzene rings is 1. The number of hydrogen-bond acceptors (Lipinski definition) is 4. The summed E-state index contributed by atoms with van der Waals surface area (Å²) < 4.78 is 77.4. The Kier molecular flexibility index (Phi) is 3.80. The molecule has 1 aromatic heterocycles. The fourth-order valence-corrected chi connectivity index (χ4v) is 2.84. The van der Waals surface area contributed by atoms with Crippen molar-refractivity contribution < 1.29 is 26.0 Å². The second-order valence-electron chi connectivity index (χ2n) is 4.01. The van der Waals surface area contributed by atoms with E-state index >= 15 is 0 Å². The zero-order valence-corrected chi connectivity index (χ0v) is 11.3. The number of alkyl halides is 3. The number of nitrogens with one attached hydrogen (secondary N) is 2. The quantitative estimate of drug-likeness (QED) is 0.841. The van der Waals surface area contributed by atoms with Crippen molar-refractivity contribution in [3.63, 3.8) is 0 Å². The van der Waals surface area contributed by atoms with Crippen LogP contribution >= 0.6 is 0 Å². The van der Waals surface area contributed by atoms with E-state index in [0.29, 0.717) is 12.1 Å². The van der Waals surface area contributed by atoms with Crippen molar-refractivity contribution >= 4 is 15.8 Å². The molecule has 0 aliphatic carbocycles. The molecule has 1 heterocycles. The van der Waals surface area contributed by atoms with Gasteiger partial charge in [-0.2, -0.15) is 23.5 Å². The maximum Gasteiger partial charge on any atom is 0.417 e. The molecule has 2 aromatic rings. The molecule has 0 radical (unpaired) electrons. The Bertz CT molecular complexity index is 852. The van der Waals surface area contributed by atoms with Crippen molar-refractivity contribution in [3.8, 4) is 6.07 Å². The molecule has 116 valence electrons. The van der Waals surface area contributed by atoms with E-state index in [1.54, 1.807) is 10.8 Å². The summed E-state index contributed by atoms with van der Waals surface area (Å²) in [6, 6.07) is 2.75. The van der Waals surface area contributed by atoms with Gasteiger partial charge in [0.25, 0.3) is 10.0 Å². The number of H-pyrrole nitrogens is 1. The van der Waals surface area contributed by atoms with Crippen LogP contribution in [0.1, 0.15) is 11.1 Å². The summed E-state index contributed by atoms with van der Waals surface area (Å²) >= 11 is 0. The molecule has 0 bridgehead atoms. The van der Waals surface area contributed by atoms with Gasteiger partial charge >= 0.3 is 6.18 Å². The predicted molar refractivity (Wildman–Crippen MR) is 65.5 cm³/mol. The van der Waals surface area contributed by atoms with E-state index in [-0.39, 0.29) is 17.4 Å². The summed E-state index contributed by atoms with van der Waals surface area (Å²) in [5.41, 5.74) is -1.86. The lowest BCUT2D eigenvalue weighted by Gasteiger charge is -2.14. The van der Waals surface area contributed by atoms with Gasteiger partial charge in [0.1, 0.15) is 17.4 Å². The lowest BCUT2D eigenvalue weighted by Crippen LogP contribution is -2.19. The zero-order valence-electron chi connectivity index (χ0n) is 10.4. The first-order valence-electron chi connectivity index (χ1n) is 5.48. The van der Waals surface area contributed by atoms with Gasteiger partial charge in [-0.25, -0.2) is 12.8 Å². The van der Waals surface area contributed by atoms with Crippen LogP contribution in [0.2, 0.25) is 0 Å². The molecule has 0 atom stereocenters. The Hall–Kier alpha value is -2.61. The fourth-order valence-electron chi connectivity index (χ4n) is 1.60. The first-order chi connectivity index (χ1) is 10.1. The van der Waals surface area contributed by atoms with E-state index in [0.717, 1.165) is 6.20 Å². The smallest absolute Gasteiger partial charge is 0.263 e. The van der Waals surface area contributed by atoms with Gasteiger partial charge in [0.2, 0.25) is 0 Å². The molecule has 0 saturated heterocycles. The maximum atomic E-state index is 13.0.